The third kappa shape index (κ3) is 3.01. The van der Waals surface area contributed by atoms with Gasteiger partial charge >= 0.3 is 0 Å². The van der Waals surface area contributed by atoms with Crippen LogP contribution in [0.1, 0.15) is 17.9 Å². The maximum absolute atomic E-state index is 12.8. The lowest BCUT2D eigenvalue weighted by Crippen LogP contribution is -2.30. The SMILES string of the molecule is O=C1CC(C(=O)Nc2cccc(-n3ccnc3)c2)c2ccccc2N1. The van der Waals surface area contributed by atoms with Gasteiger partial charge in [0.2, 0.25) is 11.8 Å². The van der Waals surface area contributed by atoms with Crippen molar-refractivity contribution in [3.8, 4) is 5.69 Å². The van der Waals surface area contributed by atoms with Gasteiger partial charge in [-0.3, -0.25) is 9.59 Å². The second kappa shape index (κ2) is 6.24. The first-order valence-electron chi connectivity index (χ1n) is 7.99. The summed E-state index contributed by atoms with van der Waals surface area (Å²) in [5, 5.41) is 5.73. The molecule has 124 valence electrons. The number of fused-ring (bicyclic) bond motifs is 1. The van der Waals surface area contributed by atoms with Crippen molar-refractivity contribution in [2.24, 2.45) is 0 Å². The van der Waals surface area contributed by atoms with E-state index in [2.05, 4.69) is 15.6 Å². The first kappa shape index (κ1) is 15.1. The van der Waals surface area contributed by atoms with Crippen molar-refractivity contribution in [1.82, 2.24) is 9.55 Å². The molecule has 1 aromatic heterocycles. The average molecular weight is 332 g/mol. The third-order valence-electron chi connectivity index (χ3n) is 4.23. The van der Waals surface area contributed by atoms with Crippen molar-refractivity contribution in [2.45, 2.75) is 12.3 Å². The Kier molecular flexibility index (Phi) is 3.78. The Morgan fingerprint density at radius 2 is 2.08 bits per heavy atom. The van der Waals surface area contributed by atoms with Gasteiger partial charge in [0, 0.05) is 35.9 Å². The molecule has 25 heavy (non-hydrogen) atoms. The standard InChI is InChI=1S/C19H16N4O2/c24-18-11-16(15-6-1-2-7-17(15)22-18)19(25)21-13-4-3-5-14(10-13)23-9-8-20-12-23/h1-10,12,16H,11H2,(H,21,25)(H,22,24). The van der Waals surface area contributed by atoms with Gasteiger partial charge in [-0.15, -0.1) is 0 Å². The smallest absolute Gasteiger partial charge is 0.232 e. The summed E-state index contributed by atoms with van der Waals surface area (Å²) in [7, 11) is 0. The minimum atomic E-state index is -0.498. The second-order valence-electron chi connectivity index (χ2n) is 5.90. The molecule has 0 spiro atoms. The summed E-state index contributed by atoms with van der Waals surface area (Å²) >= 11 is 0. The maximum Gasteiger partial charge on any atom is 0.232 e. The zero-order valence-electron chi connectivity index (χ0n) is 13.3. The number of hydrogen-bond acceptors (Lipinski definition) is 3. The highest BCUT2D eigenvalue weighted by atomic mass is 16.2. The quantitative estimate of drug-likeness (QED) is 0.774. The molecule has 0 aliphatic carbocycles. The number of imidazole rings is 1. The summed E-state index contributed by atoms with van der Waals surface area (Å²) in [6.45, 7) is 0. The first-order chi connectivity index (χ1) is 12.2. The van der Waals surface area contributed by atoms with Crippen molar-refractivity contribution in [3.05, 3.63) is 72.8 Å². The Balaban J connectivity index is 1.59. The van der Waals surface area contributed by atoms with E-state index in [0.29, 0.717) is 11.4 Å². The van der Waals surface area contributed by atoms with Gasteiger partial charge in [0.15, 0.2) is 0 Å². The van der Waals surface area contributed by atoms with E-state index in [1.54, 1.807) is 12.5 Å². The molecule has 1 aliphatic heterocycles. The molecule has 0 saturated carbocycles. The lowest BCUT2D eigenvalue weighted by atomic mass is 9.90. The Morgan fingerprint density at radius 1 is 1.20 bits per heavy atom. The minimum absolute atomic E-state index is 0.143. The van der Waals surface area contributed by atoms with Gasteiger partial charge in [0.05, 0.1) is 12.2 Å². The van der Waals surface area contributed by atoms with E-state index in [4.69, 9.17) is 0 Å². The fraction of sp³-hybridized carbons (Fsp3) is 0.105. The molecule has 2 N–H and O–H groups in total. The van der Waals surface area contributed by atoms with Crippen LogP contribution in [0.4, 0.5) is 11.4 Å². The molecule has 1 unspecified atom stereocenters. The fourth-order valence-electron chi connectivity index (χ4n) is 3.03. The van der Waals surface area contributed by atoms with Crippen molar-refractivity contribution in [3.63, 3.8) is 0 Å². The van der Waals surface area contributed by atoms with Crippen LogP contribution in [0.2, 0.25) is 0 Å². The Morgan fingerprint density at radius 3 is 2.92 bits per heavy atom. The van der Waals surface area contributed by atoms with E-state index in [1.807, 2.05) is 59.3 Å². The van der Waals surface area contributed by atoms with Gasteiger partial charge in [-0.05, 0) is 29.8 Å². The summed E-state index contributed by atoms with van der Waals surface area (Å²) in [4.78, 5) is 28.7. The number of amides is 2. The minimum Gasteiger partial charge on any atom is -0.326 e. The number of carbonyl (C=O) groups is 2. The van der Waals surface area contributed by atoms with E-state index in [1.165, 1.54) is 0 Å². The summed E-state index contributed by atoms with van der Waals surface area (Å²) < 4.78 is 1.86. The molecule has 4 rings (SSSR count). The van der Waals surface area contributed by atoms with Crippen LogP contribution in [0.3, 0.4) is 0 Å². The van der Waals surface area contributed by atoms with Crippen LogP contribution in [0.15, 0.2) is 67.3 Å². The van der Waals surface area contributed by atoms with Crippen molar-refractivity contribution in [1.29, 1.82) is 0 Å². The Hall–Kier alpha value is -3.41. The zero-order valence-corrected chi connectivity index (χ0v) is 13.3. The number of benzene rings is 2. The van der Waals surface area contributed by atoms with Crippen LogP contribution in [-0.2, 0) is 9.59 Å². The fourth-order valence-corrected chi connectivity index (χ4v) is 3.03. The van der Waals surface area contributed by atoms with Crippen molar-refractivity contribution >= 4 is 23.2 Å². The molecule has 2 amide bonds. The molecule has 6 nitrogen and oxygen atoms in total. The normalized spacial score (nSPS) is 16.0. The highest BCUT2D eigenvalue weighted by Crippen LogP contribution is 2.32. The predicted molar refractivity (Wildman–Crippen MR) is 94.6 cm³/mol. The number of nitrogens with one attached hydrogen (secondary N) is 2. The molecule has 1 aliphatic rings. The van der Waals surface area contributed by atoms with Gasteiger partial charge in [-0.25, -0.2) is 4.98 Å². The zero-order chi connectivity index (χ0) is 17.2. The lowest BCUT2D eigenvalue weighted by Gasteiger charge is -2.24. The number of hydrogen-bond donors (Lipinski definition) is 2. The number of carbonyl (C=O) groups excluding carboxylic acids is 2. The summed E-state index contributed by atoms with van der Waals surface area (Å²) in [5.41, 5.74) is 3.12. The highest BCUT2D eigenvalue weighted by Gasteiger charge is 2.30. The van der Waals surface area contributed by atoms with Gasteiger partial charge in [-0.2, -0.15) is 0 Å². The van der Waals surface area contributed by atoms with Crippen LogP contribution >= 0.6 is 0 Å². The number of rotatable bonds is 3. The third-order valence-corrected chi connectivity index (χ3v) is 4.23. The van der Waals surface area contributed by atoms with Crippen LogP contribution in [0.5, 0.6) is 0 Å². The maximum atomic E-state index is 12.8. The van der Waals surface area contributed by atoms with Gasteiger partial charge in [0.25, 0.3) is 0 Å². The van der Waals surface area contributed by atoms with Gasteiger partial charge < -0.3 is 15.2 Å². The van der Waals surface area contributed by atoms with E-state index in [0.717, 1.165) is 11.3 Å². The molecule has 0 radical (unpaired) electrons. The molecular formula is C19H16N4O2. The number of para-hydroxylation sites is 1. The topological polar surface area (TPSA) is 76.0 Å². The van der Waals surface area contributed by atoms with Crippen LogP contribution in [-0.4, -0.2) is 21.4 Å². The van der Waals surface area contributed by atoms with E-state index < -0.39 is 5.92 Å². The molecule has 6 heteroatoms. The molecular weight excluding hydrogens is 316 g/mol. The van der Waals surface area contributed by atoms with E-state index >= 15 is 0 Å². The summed E-state index contributed by atoms with van der Waals surface area (Å²) in [6.07, 6.45) is 5.37. The highest BCUT2D eigenvalue weighted by molar-refractivity contribution is 6.05. The number of aromatic nitrogens is 2. The van der Waals surface area contributed by atoms with Crippen LogP contribution in [0, 0.1) is 0 Å². The summed E-state index contributed by atoms with van der Waals surface area (Å²) in [5.74, 6) is -0.835. The number of anilines is 2. The second-order valence-corrected chi connectivity index (χ2v) is 5.90. The van der Waals surface area contributed by atoms with E-state index in [-0.39, 0.29) is 18.2 Å². The molecule has 2 aromatic carbocycles. The largest absolute Gasteiger partial charge is 0.326 e. The first-order valence-corrected chi connectivity index (χ1v) is 7.99. The molecule has 0 fully saturated rings. The van der Waals surface area contributed by atoms with Gasteiger partial charge in [0.1, 0.15) is 0 Å². The molecule has 0 saturated heterocycles. The molecule has 1 atom stereocenters. The Labute approximate surface area is 144 Å². The number of nitrogens with zero attached hydrogens (tertiary/aromatic N) is 2. The van der Waals surface area contributed by atoms with Crippen molar-refractivity contribution in [2.75, 3.05) is 10.6 Å². The van der Waals surface area contributed by atoms with Gasteiger partial charge in [-0.1, -0.05) is 24.3 Å². The van der Waals surface area contributed by atoms with E-state index in [9.17, 15) is 9.59 Å². The molecule has 0 bridgehead atoms. The Bertz CT molecular complexity index is 934. The predicted octanol–water partition coefficient (Wildman–Crippen LogP) is 2.94. The lowest BCUT2D eigenvalue weighted by molar-refractivity contribution is -0.123. The van der Waals surface area contributed by atoms with Crippen LogP contribution in [0.25, 0.3) is 5.69 Å². The molecule has 3 aromatic rings. The average Bonchev–Trinajstić information content (AvgIpc) is 3.16. The monoisotopic (exact) mass is 332 g/mol. The van der Waals surface area contributed by atoms with Crippen LogP contribution < -0.4 is 10.6 Å². The molecule has 2 heterocycles. The van der Waals surface area contributed by atoms with Crippen molar-refractivity contribution < 1.29 is 9.59 Å². The summed E-state index contributed by atoms with van der Waals surface area (Å²) in [6, 6.07) is 14.9.